The number of nitrogens with zero attached hydrogens (tertiary/aromatic N) is 2. The molecule has 220 valence electrons. The Hall–Kier alpha value is -2.98. The molecule has 0 radical (unpaired) electrons. The lowest BCUT2D eigenvalue weighted by molar-refractivity contribution is -0.139. The minimum Gasteiger partial charge on any atom is -0.492 e. The van der Waals surface area contributed by atoms with Gasteiger partial charge in [-0.2, -0.15) is 0 Å². The number of anilines is 1. The summed E-state index contributed by atoms with van der Waals surface area (Å²) in [6, 6.07) is 16.2. The first kappa shape index (κ1) is 32.5. The van der Waals surface area contributed by atoms with E-state index in [4.69, 9.17) is 39.5 Å². The Bertz CT molecular complexity index is 1470. The number of ether oxygens (including phenoxy) is 1. The zero-order chi connectivity index (χ0) is 30.2. The van der Waals surface area contributed by atoms with Crippen molar-refractivity contribution in [3.8, 4) is 5.75 Å². The lowest BCUT2D eigenvalue weighted by Crippen LogP contribution is -2.51. The van der Waals surface area contributed by atoms with E-state index in [0.29, 0.717) is 28.6 Å². The van der Waals surface area contributed by atoms with Gasteiger partial charge >= 0.3 is 0 Å². The van der Waals surface area contributed by atoms with E-state index in [1.54, 1.807) is 56.3 Å². The first-order chi connectivity index (χ1) is 19.5. The van der Waals surface area contributed by atoms with Crippen LogP contribution in [-0.4, -0.2) is 50.9 Å². The van der Waals surface area contributed by atoms with Crippen LogP contribution >= 0.6 is 34.8 Å². The molecule has 41 heavy (non-hydrogen) atoms. The Morgan fingerprint density at radius 2 is 1.63 bits per heavy atom. The van der Waals surface area contributed by atoms with E-state index >= 15 is 0 Å². The van der Waals surface area contributed by atoms with Gasteiger partial charge in [0.2, 0.25) is 11.8 Å². The normalized spacial score (nSPS) is 12.0. The Balaban J connectivity index is 2.08. The molecule has 0 aliphatic carbocycles. The van der Waals surface area contributed by atoms with Crippen LogP contribution in [0, 0.1) is 0 Å². The summed E-state index contributed by atoms with van der Waals surface area (Å²) < 4.78 is 34.7. The Labute approximate surface area is 256 Å². The molecule has 1 atom stereocenters. The third kappa shape index (κ3) is 8.29. The molecule has 3 aromatic rings. The molecule has 12 heteroatoms. The molecular weight excluding hydrogens is 609 g/mol. The predicted molar refractivity (Wildman–Crippen MR) is 163 cm³/mol. The van der Waals surface area contributed by atoms with Gasteiger partial charge in [0.15, 0.2) is 0 Å². The number of hydrogen-bond acceptors (Lipinski definition) is 5. The summed E-state index contributed by atoms with van der Waals surface area (Å²) in [5, 5.41) is 3.80. The van der Waals surface area contributed by atoms with E-state index in [0.717, 1.165) is 4.31 Å². The van der Waals surface area contributed by atoms with E-state index in [9.17, 15) is 18.0 Å². The second-order valence-electron chi connectivity index (χ2n) is 9.10. The van der Waals surface area contributed by atoms with Crippen molar-refractivity contribution in [2.24, 2.45) is 0 Å². The van der Waals surface area contributed by atoms with E-state index in [-0.39, 0.29) is 40.4 Å². The highest BCUT2D eigenvalue weighted by Gasteiger charge is 2.33. The van der Waals surface area contributed by atoms with E-state index in [1.165, 1.54) is 29.2 Å². The maximum Gasteiger partial charge on any atom is 0.264 e. The Morgan fingerprint density at radius 3 is 2.27 bits per heavy atom. The van der Waals surface area contributed by atoms with Gasteiger partial charge in [-0.25, -0.2) is 8.42 Å². The summed E-state index contributed by atoms with van der Waals surface area (Å²) >= 11 is 18.3. The van der Waals surface area contributed by atoms with Gasteiger partial charge in [-0.3, -0.25) is 13.9 Å². The first-order valence-corrected chi connectivity index (χ1v) is 15.6. The fourth-order valence-electron chi connectivity index (χ4n) is 4.00. The van der Waals surface area contributed by atoms with Gasteiger partial charge in [0.05, 0.1) is 27.2 Å². The number of rotatable bonds is 13. The van der Waals surface area contributed by atoms with Crippen molar-refractivity contribution in [3.05, 3.63) is 87.4 Å². The number of carbonyl (C=O) groups is 2. The molecule has 0 aliphatic rings. The maximum absolute atomic E-state index is 14.0. The average Bonchev–Trinajstić information content (AvgIpc) is 2.95. The van der Waals surface area contributed by atoms with Gasteiger partial charge in [-0.15, -0.1) is 0 Å². The van der Waals surface area contributed by atoms with Gasteiger partial charge in [0.25, 0.3) is 10.0 Å². The summed E-state index contributed by atoms with van der Waals surface area (Å²) in [6.07, 6.45) is 0.709. The molecule has 3 rings (SSSR count). The zero-order valence-electron chi connectivity index (χ0n) is 22.9. The number of carbonyl (C=O) groups excluding carboxylic acids is 2. The van der Waals surface area contributed by atoms with Crippen LogP contribution in [0.4, 0.5) is 5.69 Å². The van der Waals surface area contributed by atoms with Crippen LogP contribution in [0.3, 0.4) is 0 Å². The first-order valence-electron chi connectivity index (χ1n) is 13.0. The third-order valence-electron chi connectivity index (χ3n) is 6.17. The second kappa shape index (κ2) is 14.8. The largest absolute Gasteiger partial charge is 0.492 e. The van der Waals surface area contributed by atoms with Crippen LogP contribution in [0.5, 0.6) is 5.75 Å². The molecule has 1 unspecified atom stereocenters. The highest BCUT2D eigenvalue weighted by atomic mass is 35.5. The molecule has 0 heterocycles. The minimum atomic E-state index is -4.28. The SMILES string of the molecule is CCCNC(=O)C(C)N(Cc1ccc(Cl)c(Cl)c1)C(=O)CN(c1ccccc1OCC)S(=O)(=O)c1ccc(Cl)cc1. The van der Waals surface area contributed by atoms with Gasteiger partial charge < -0.3 is 15.0 Å². The van der Waals surface area contributed by atoms with Crippen molar-refractivity contribution >= 4 is 62.3 Å². The molecule has 1 N–H and O–H groups in total. The van der Waals surface area contributed by atoms with Gasteiger partial charge in [-0.05, 0) is 74.4 Å². The summed E-state index contributed by atoms with van der Waals surface area (Å²) in [4.78, 5) is 28.3. The van der Waals surface area contributed by atoms with Crippen LogP contribution in [0.1, 0.15) is 32.8 Å². The fourth-order valence-corrected chi connectivity index (χ4v) is 5.87. The van der Waals surface area contributed by atoms with Crippen LogP contribution in [0.25, 0.3) is 0 Å². The van der Waals surface area contributed by atoms with Crippen LogP contribution in [0.15, 0.2) is 71.6 Å². The number of benzene rings is 3. The number of para-hydroxylation sites is 2. The molecule has 0 saturated heterocycles. The van der Waals surface area contributed by atoms with E-state index in [2.05, 4.69) is 5.32 Å². The predicted octanol–water partition coefficient (Wildman–Crippen LogP) is 6.18. The van der Waals surface area contributed by atoms with Crippen molar-refractivity contribution in [1.82, 2.24) is 10.2 Å². The smallest absolute Gasteiger partial charge is 0.264 e. The highest BCUT2D eigenvalue weighted by molar-refractivity contribution is 7.92. The Morgan fingerprint density at radius 1 is 0.951 bits per heavy atom. The molecule has 0 saturated carbocycles. The Kier molecular flexibility index (Phi) is 11.7. The van der Waals surface area contributed by atoms with Gasteiger partial charge in [-0.1, -0.05) is 59.9 Å². The zero-order valence-corrected chi connectivity index (χ0v) is 26.0. The van der Waals surface area contributed by atoms with Crippen LogP contribution in [-0.2, 0) is 26.2 Å². The second-order valence-corrected chi connectivity index (χ2v) is 12.2. The summed E-state index contributed by atoms with van der Waals surface area (Å²) in [5.74, 6) is -0.703. The van der Waals surface area contributed by atoms with Gasteiger partial charge in [0.1, 0.15) is 18.3 Å². The highest BCUT2D eigenvalue weighted by Crippen LogP contribution is 2.33. The summed E-state index contributed by atoms with van der Waals surface area (Å²) in [6.45, 7) is 5.36. The van der Waals surface area contributed by atoms with Gasteiger partial charge in [0, 0.05) is 18.1 Å². The average molecular weight is 641 g/mol. The van der Waals surface area contributed by atoms with Crippen molar-refractivity contribution in [3.63, 3.8) is 0 Å². The van der Waals surface area contributed by atoms with Crippen LogP contribution < -0.4 is 14.4 Å². The molecule has 0 aromatic heterocycles. The molecular formula is C29H32Cl3N3O5S. The van der Waals surface area contributed by atoms with E-state index < -0.39 is 28.5 Å². The third-order valence-corrected chi connectivity index (χ3v) is 8.93. The number of amides is 2. The van der Waals surface area contributed by atoms with Crippen molar-refractivity contribution < 1.29 is 22.7 Å². The number of halogens is 3. The topological polar surface area (TPSA) is 96.0 Å². The lowest BCUT2D eigenvalue weighted by Gasteiger charge is -2.32. The maximum atomic E-state index is 14.0. The lowest BCUT2D eigenvalue weighted by atomic mass is 10.1. The molecule has 0 spiro atoms. The molecule has 3 aromatic carbocycles. The van der Waals surface area contributed by atoms with Crippen molar-refractivity contribution in [2.75, 3.05) is 24.0 Å². The fraction of sp³-hybridized carbons (Fsp3) is 0.310. The molecule has 0 fully saturated rings. The standard InChI is InChI=1S/C29H32Cl3N3O5S/c1-4-16-33-29(37)20(3)34(18-21-10-15-24(31)25(32)17-21)28(36)19-35(26-8-6-7-9-27(26)40-5-2)41(38,39)23-13-11-22(30)12-14-23/h6-15,17,20H,4-5,16,18-19H2,1-3H3,(H,33,37). The monoisotopic (exact) mass is 639 g/mol. The number of hydrogen-bond donors (Lipinski definition) is 1. The molecule has 0 aliphatic heterocycles. The van der Waals surface area contributed by atoms with Crippen molar-refractivity contribution in [1.29, 1.82) is 0 Å². The van der Waals surface area contributed by atoms with E-state index in [1.807, 2.05) is 6.92 Å². The molecule has 0 bridgehead atoms. The van der Waals surface area contributed by atoms with Crippen molar-refractivity contribution in [2.45, 2.75) is 44.7 Å². The number of sulfonamides is 1. The summed E-state index contributed by atoms with van der Waals surface area (Å²) in [5.41, 5.74) is 0.792. The molecule has 2 amide bonds. The summed E-state index contributed by atoms with van der Waals surface area (Å²) in [7, 11) is -4.28. The van der Waals surface area contributed by atoms with Crippen LogP contribution in [0.2, 0.25) is 15.1 Å². The number of nitrogens with one attached hydrogen (secondary N) is 1. The minimum absolute atomic E-state index is 0.0155. The molecule has 8 nitrogen and oxygen atoms in total. The quantitative estimate of drug-likeness (QED) is 0.241.